The Morgan fingerprint density at radius 3 is 2.76 bits per heavy atom. The zero-order valence-corrected chi connectivity index (χ0v) is 13.5. The third kappa shape index (κ3) is 5.74. The fourth-order valence-corrected chi connectivity index (χ4v) is 2.26. The lowest BCUT2D eigenvalue weighted by atomic mass is 10.1. The van der Waals surface area contributed by atoms with Gasteiger partial charge in [0, 0.05) is 33.3 Å². The summed E-state index contributed by atoms with van der Waals surface area (Å²) in [6.45, 7) is 8.54. The maximum Gasteiger partial charge on any atom is 0.101 e. The van der Waals surface area contributed by atoms with E-state index in [9.17, 15) is 5.26 Å². The molecule has 1 aromatic carbocycles. The van der Waals surface area contributed by atoms with Crippen LogP contribution in [-0.2, 0) is 11.3 Å². The van der Waals surface area contributed by atoms with Gasteiger partial charge in [0.05, 0.1) is 17.9 Å². The van der Waals surface area contributed by atoms with Crippen LogP contribution in [0.2, 0.25) is 0 Å². The van der Waals surface area contributed by atoms with Crippen LogP contribution in [0.15, 0.2) is 18.2 Å². The number of rotatable bonds is 10. The SMILES string of the molecule is CCCCN(CC)c1ccc(CNCCOC)cc1C#N. The second-order valence-electron chi connectivity index (χ2n) is 5.07. The highest BCUT2D eigenvalue weighted by atomic mass is 16.5. The van der Waals surface area contributed by atoms with Gasteiger partial charge in [0.15, 0.2) is 0 Å². The molecule has 1 N–H and O–H groups in total. The number of anilines is 1. The molecule has 0 fully saturated rings. The summed E-state index contributed by atoms with van der Waals surface area (Å²) in [5.41, 5.74) is 2.95. The number of hydrogen-bond donors (Lipinski definition) is 1. The number of hydrogen-bond acceptors (Lipinski definition) is 4. The molecule has 116 valence electrons. The lowest BCUT2D eigenvalue weighted by molar-refractivity contribution is 0.199. The minimum atomic E-state index is 0.698. The average molecular weight is 289 g/mol. The Hall–Kier alpha value is -1.57. The van der Waals surface area contributed by atoms with E-state index in [2.05, 4.69) is 42.3 Å². The van der Waals surface area contributed by atoms with E-state index in [4.69, 9.17) is 4.74 Å². The Labute approximate surface area is 128 Å². The molecular weight excluding hydrogens is 262 g/mol. The molecule has 21 heavy (non-hydrogen) atoms. The largest absolute Gasteiger partial charge is 0.383 e. The molecule has 1 rings (SSSR count). The summed E-state index contributed by atoms with van der Waals surface area (Å²) >= 11 is 0. The number of nitrogens with zero attached hydrogens (tertiary/aromatic N) is 2. The van der Waals surface area contributed by atoms with Crippen molar-refractivity contribution in [3.63, 3.8) is 0 Å². The van der Waals surface area contributed by atoms with E-state index < -0.39 is 0 Å². The van der Waals surface area contributed by atoms with E-state index in [0.29, 0.717) is 6.61 Å². The highest BCUT2D eigenvalue weighted by molar-refractivity contribution is 5.60. The minimum absolute atomic E-state index is 0.698. The van der Waals surface area contributed by atoms with Gasteiger partial charge in [-0.3, -0.25) is 0 Å². The smallest absolute Gasteiger partial charge is 0.101 e. The van der Waals surface area contributed by atoms with E-state index in [1.807, 2.05) is 6.07 Å². The van der Waals surface area contributed by atoms with Crippen LogP contribution in [-0.4, -0.2) is 33.4 Å². The molecule has 0 heterocycles. The molecule has 0 atom stereocenters. The van der Waals surface area contributed by atoms with Crippen LogP contribution >= 0.6 is 0 Å². The van der Waals surface area contributed by atoms with Crippen LogP contribution in [0.25, 0.3) is 0 Å². The van der Waals surface area contributed by atoms with Gasteiger partial charge in [0.1, 0.15) is 6.07 Å². The van der Waals surface area contributed by atoms with Gasteiger partial charge in [0.2, 0.25) is 0 Å². The van der Waals surface area contributed by atoms with E-state index in [0.717, 1.165) is 49.4 Å². The highest BCUT2D eigenvalue weighted by Gasteiger charge is 2.10. The molecule has 0 aliphatic carbocycles. The van der Waals surface area contributed by atoms with E-state index in [1.54, 1.807) is 7.11 Å². The molecule has 0 aromatic heterocycles. The van der Waals surface area contributed by atoms with Crippen LogP contribution < -0.4 is 10.2 Å². The van der Waals surface area contributed by atoms with Crippen molar-refractivity contribution in [3.8, 4) is 6.07 Å². The topological polar surface area (TPSA) is 48.3 Å². The normalized spacial score (nSPS) is 10.4. The summed E-state index contributed by atoms with van der Waals surface area (Å²) in [6.07, 6.45) is 2.32. The highest BCUT2D eigenvalue weighted by Crippen LogP contribution is 2.22. The summed E-state index contributed by atoms with van der Waals surface area (Å²) in [7, 11) is 1.69. The van der Waals surface area contributed by atoms with Crippen molar-refractivity contribution < 1.29 is 4.74 Å². The molecule has 0 amide bonds. The van der Waals surface area contributed by atoms with Crippen LogP contribution in [0.1, 0.15) is 37.8 Å². The van der Waals surface area contributed by atoms with Gasteiger partial charge in [0.25, 0.3) is 0 Å². The van der Waals surface area contributed by atoms with E-state index in [1.165, 1.54) is 6.42 Å². The van der Waals surface area contributed by atoms with Gasteiger partial charge < -0.3 is 15.0 Å². The fraction of sp³-hybridized carbons (Fsp3) is 0.588. The lowest BCUT2D eigenvalue weighted by Gasteiger charge is -2.24. The van der Waals surface area contributed by atoms with Gasteiger partial charge in [-0.15, -0.1) is 0 Å². The molecule has 1 aromatic rings. The van der Waals surface area contributed by atoms with Crippen molar-refractivity contribution in [2.45, 2.75) is 33.2 Å². The van der Waals surface area contributed by atoms with Crippen LogP contribution in [0.4, 0.5) is 5.69 Å². The van der Waals surface area contributed by atoms with Crippen LogP contribution in [0.3, 0.4) is 0 Å². The summed E-state index contributed by atoms with van der Waals surface area (Å²) in [4.78, 5) is 2.28. The first-order valence-corrected chi connectivity index (χ1v) is 7.74. The predicted octanol–water partition coefficient (Wildman–Crippen LogP) is 2.92. The summed E-state index contributed by atoms with van der Waals surface area (Å²) in [5, 5.41) is 12.7. The summed E-state index contributed by atoms with van der Waals surface area (Å²) in [5.74, 6) is 0. The van der Waals surface area contributed by atoms with E-state index in [-0.39, 0.29) is 0 Å². The Balaban J connectivity index is 2.75. The third-order valence-corrected chi connectivity index (χ3v) is 3.50. The first-order valence-electron chi connectivity index (χ1n) is 7.74. The van der Waals surface area contributed by atoms with Crippen LogP contribution in [0.5, 0.6) is 0 Å². The molecule has 0 radical (unpaired) electrons. The first kappa shape index (κ1) is 17.5. The molecule has 0 saturated carbocycles. The summed E-state index contributed by atoms with van der Waals surface area (Å²) < 4.78 is 5.01. The maximum atomic E-state index is 9.41. The Kier molecular flexibility index (Phi) is 8.49. The Bertz CT molecular complexity index is 454. The zero-order chi connectivity index (χ0) is 15.5. The van der Waals surface area contributed by atoms with Crippen molar-refractivity contribution in [3.05, 3.63) is 29.3 Å². The van der Waals surface area contributed by atoms with Crippen molar-refractivity contribution in [1.82, 2.24) is 5.32 Å². The van der Waals surface area contributed by atoms with Gasteiger partial charge in [-0.2, -0.15) is 5.26 Å². The number of nitriles is 1. The standard InChI is InChI=1S/C17H27N3O/c1-4-6-10-20(5-2)17-8-7-15(12-16(17)13-18)14-19-9-11-21-3/h7-8,12,19H,4-6,9-11,14H2,1-3H3. The number of ether oxygens (including phenoxy) is 1. The molecule has 0 spiro atoms. The second kappa shape index (κ2) is 10.2. The van der Waals surface area contributed by atoms with Crippen molar-refractivity contribution in [2.75, 3.05) is 38.3 Å². The van der Waals surface area contributed by atoms with Gasteiger partial charge >= 0.3 is 0 Å². The fourth-order valence-electron chi connectivity index (χ4n) is 2.26. The molecule has 0 aliphatic heterocycles. The zero-order valence-electron chi connectivity index (χ0n) is 13.5. The lowest BCUT2D eigenvalue weighted by Crippen LogP contribution is -2.25. The van der Waals surface area contributed by atoms with Crippen molar-refractivity contribution >= 4 is 5.69 Å². The number of unbranched alkanes of at least 4 members (excludes halogenated alkanes) is 1. The van der Waals surface area contributed by atoms with Gasteiger partial charge in [-0.25, -0.2) is 0 Å². The molecule has 0 unspecified atom stereocenters. The predicted molar refractivity (Wildman–Crippen MR) is 87.5 cm³/mol. The van der Waals surface area contributed by atoms with E-state index >= 15 is 0 Å². The van der Waals surface area contributed by atoms with Gasteiger partial charge in [-0.1, -0.05) is 19.4 Å². The molecule has 0 aliphatic rings. The first-order chi connectivity index (χ1) is 10.3. The monoisotopic (exact) mass is 289 g/mol. The third-order valence-electron chi connectivity index (χ3n) is 3.50. The minimum Gasteiger partial charge on any atom is -0.383 e. The summed E-state index contributed by atoms with van der Waals surface area (Å²) in [6, 6.07) is 8.50. The quantitative estimate of drug-likeness (QED) is 0.673. The number of nitrogens with one attached hydrogen (secondary N) is 1. The molecule has 4 heteroatoms. The Morgan fingerprint density at radius 2 is 2.14 bits per heavy atom. The van der Waals surface area contributed by atoms with Crippen LogP contribution in [0, 0.1) is 11.3 Å². The maximum absolute atomic E-state index is 9.41. The number of benzene rings is 1. The second-order valence-corrected chi connectivity index (χ2v) is 5.07. The average Bonchev–Trinajstić information content (AvgIpc) is 2.53. The molecule has 0 saturated heterocycles. The van der Waals surface area contributed by atoms with Crippen molar-refractivity contribution in [2.24, 2.45) is 0 Å². The molecular formula is C17H27N3O. The molecule has 0 bridgehead atoms. The van der Waals surface area contributed by atoms with Gasteiger partial charge in [-0.05, 0) is 31.0 Å². The van der Waals surface area contributed by atoms with Crippen molar-refractivity contribution in [1.29, 1.82) is 5.26 Å². The Morgan fingerprint density at radius 1 is 1.33 bits per heavy atom. The molecule has 4 nitrogen and oxygen atoms in total. The number of methoxy groups -OCH3 is 1.